The molecule has 0 saturated carbocycles. The second-order valence-electron chi connectivity index (χ2n) is 5.40. The zero-order valence-corrected chi connectivity index (χ0v) is 14.8. The van der Waals surface area contributed by atoms with Gasteiger partial charge in [0.05, 0.1) is 10.5 Å². The molecule has 0 heterocycles. The number of anilines is 1. The number of carbonyl (C=O) groups is 3. The number of amides is 2. The fourth-order valence-electron chi connectivity index (χ4n) is 1.99. The Hall–Kier alpha value is -3.17. The van der Waals surface area contributed by atoms with E-state index in [4.69, 9.17) is 4.74 Å². The molecule has 0 bridgehead atoms. The molecular weight excluding hydrogens is 344 g/mol. The highest BCUT2D eigenvalue weighted by Crippen LogP contribution is 2.25. The molecule has 1 rings (SSSR count). The van der Waals surface area contributed by atoms with Crippen molar-refractivity contribution in [3.63, 3.8) is 0 Å². The molecule has 0 unspecified atom stereocenters. The number of nitro benzene ring substituents is 1. The number of rotatable bonds is 9. The molecule has 1 aromatic carbocycles. The van der Waals surface area contributed by atoms with Crippen LogP contribution in [0, 0.1) is 10.1 Å². The third-order valence-electron chi connectivity index (χ3n) is 3.35. The van der Waals surface area contributed by atoms with E-state index in [9.17, 15) is 24.5 Å². The van der Waals surface area contributed by atoms with Crippen molar-refractivity contribution in [2.75, 3.05) is 25.5 Å². The zero-order chi connectivity index (χ0) is 19.7. The summed E-state index contributed by atoms with van der Waals surface area (Å²) in [7, 11) is 1.52. The summed E-state index contributed by atoms with van der Waals surface area (Å²) in [5, 5.41) is 18.7. The van der Waals surface area contributed by atoms with Crippen molar-refractivity contribution >= 4 is 29.2 Å². The van der Waals surface area contributed by atoms with Gasteiger partial charge in [-0.05, 0) is 25.5 Å². The number of hydrogen-bond acceptors (Lipinski definition) is 7. The van der Waals surface area contributed by atoms with E-state index in [0.29, 0.717) is 6.54 Å². The normalized spacial score (nSPS) is 11.2. The molecule has 10 nitrogen and oxygen atoms in total. The molecule has 0 spiro atoms. The monoisotopic (exact) mass is 366 g/mol. The molecule has 142 valence electrons. The van der Waals surface area contributed by atoms with Crippen molar-refractivity contribution in [3.05, 3.63) is 33.9 Å². The molecule has 0 aliphatic heterocycles. The molecule has 0 aromatic heterocycles. The molecule has 3 N–H and O–H groups in total. The Labute approximate surface area is 150 Å². The molecule has 0 aliphatic carbocycles. The minimum Gasteiger partial charge on any atom is -0.452 e. The number of esters is 1. The summed E-state index contributed by atoms with van der Waals surface area (Å²) in [6, 6.07) is 3.01. The molecule has 0 fully saturated rings. The van der Waals surface area contributed by atoms with E-state index in [-0.39, 0.29) is 22.8 Å². The summed E-state index contributed by atoms with van der Waals surface area (Å²) >= 11 is 0. The van der Waals surface area contributed by atoms with Crippen molar-refractivity contribution in [1.82, 2.24) is 10.6 Å². The molecular formula is C16H22N4O6. The van der Waals surface area contributed by atoms with E-state index in [2.05, 4.69) is 16.0 Å². The van der Waals surface area contributed by atoms with Gasteiger partial charge in [0.1, 0.15) is 11.7 Å². The van der Waals surface area contributed by atoms with Gasteiger partial charge in [-0.3, -0.25) is 19.7 Å². The lowest BCUT2D eigenvalue weighted by Crippen LogP contribution is -2.46. The standard InChI is InChI=1S/C16H22N4O6/c1-4-7-18-15(22)10(2)19-14(21)9-26-16(23)11-5-6-12(17-3)13(8-11)20(24)25/h5-6,8,10,17H,4,7,9H2,1-3H3,(H,18,22)(H,19,21)/t10-/m0/s1. The van der Waals surface area contributed by atoms with Gasteiger partial charge in [0.15, 0.2) is 6.61 Å². The molecule has 10 heteroatoms. The Morgan fingerprint density at radius 2 is 2.00 bits per heavy atom. The maximum atomic E-state index is 12.0. The van der Waals surface area contributed by atoms with Crippen LogP contribution in [0.1, 0.15) is 30.6 Å². The first-order valence-corrected chi connectivity index (χ1v) is 8.00. The second kappa shape index (κ2) is 9.97. The number of nitrogens with zero attached hydrogens (tertiary/aromatic N) is 1. The molecule has 1 aromatic rings. The number of benzene rings is 1. The van der Waals surface area contributed by atoms with Gasteiger partial charge in [0.2, 0.25) is 5.91 Å². The van der Waals surface area contributed by atoms with Gasteiger partial charge >= 0.3 is 5.97 Å². The Morgan fingerprint density at radius 1 is 1.31 bits per heavy atom. The number of nitrogens with one attached hydrogen (secondary N) is 3. The predicted octanol–water partition coefficient (Wildman–Crippen LogP) is 0.824. The highest BCUT2D eigenvalue weighted by Gasteiger charge is 2.19. The summed E-state index contributed by atoms with van der Waals surface area (Å²) in [5.41, 5.74) is -0.0962. The zero-order valence-electron chi connectivity index (χ0n) is 14.8. The van der Waals surface area contributed by atoms with Crippen LogP contribution in [0.25, 0.3) is 0 Å². The minimum atomic E-state index is -0.881. The summed E-state index contributed by atoms with van der Waals surface area (Å²) in [6.07, 6.45) is 0.766. The Kier molecular flexibility index (Phi) is 8.00. The fraction of sp³-hybridized carbons (Fsp3) is 0.438. The quantitative estimate of drug-likeness (QED) is 0.334. The predicted molar refractivity (Wildman–Crippen MR) is 93.8 cm³/mol. The van der Waals surface area contributed by atoms with Crippen LogP contribution >= 0.6 is 0 Å². The molecule has 0 aliphatic rings. The first kappa shape index (κ1) is 20.9. The summed E-state index contributed by atoms with van der Waals surface area (Å²) in [5.74, 6) is -1.88. The molecule has 0 radical (unpaired) electrons. The van der Waals surface area contributed by atoms with E-state index in [1.54, 1.807) is 0 Å². The average Bonchev–Trinajstić information content (AvgIpc) is 2.63. The maximum absolute atomic E-state index is 12.0. The number of ether oxygens (including phenoxy) is 1. The van der Waals surface area contributed by atoms with Gasteiger partial charge in [-0.2, -0.15) is 0 Å². The second-order valence-corrected chi connectivity index (χ2v) is 5.40. The smallest absolute Gasteiger partial charge is 0.338 e. The van der Waals surface area contributed by atoms with Gasteiger partial charge < -0.3 is 20.7 Å². The third-order valence-corrected chi connectivity index (χ3v) is 3.35. The van der Waals surface area contributed by atoms with Crippen LogP contribution in [0.3, 0.4) is 0 Å². The summed E-state index contributed by atoms with van der Waals surface area (Å²) in [6.45, 7) is 3.29. The van der Waals surface area contributed by atoms with Crippen LogP contribution in [-0.4, -0.2) is 48.9 Å². The Bertz CT molecular complexity index is 691. The molecule has 26 heavy (non-hydrogen) atoms. The highest BCUT2D eigenvalue weighted by molar-refractivity contribution is 5.93. The van der Waals surface area contributed by atoms with Crippen LogP contribution in [0.15, 0.2) is 18.2 Å². The lowest BCUT2D eigenvalue weighted by atomic mass is 10.1. The van der Waals surface area contributed by atoms with E-state index in [1.807, 2.05) is 6.92 Å². The van der Waals surface area contributed by atoms with Crippen LogP contribution in [0.2, 0.25) is 0 Å². The minimum absolute atomic E-state index is 0.0581. The van der Waals surface area contributed by atoms with Gasteiger partial charge in [-0.25, -0.2) is 4.79 Å². The molecule has 2 amide bonds. The van der Waals surface area contributed by atoms with Crippen molar-refractivity contribution in [3.8, 4) is 0 Å². The lowest BCUT2D eigenvalue weighted by molar-refractivity contribution is -0.384. The van der Waals surface area contributed by atoms with Crippen LogP contribution < -0.4 is 16.0 Å². The largest absolute Gasteiger partial charge is 0.452 e. The van der Waals surface area contributed by atoms with Gasteiger partial charge in [-0.1, -0.05) is 6.92 Å². The molecule has 0 saturated heterocycles. The van der Waals surface area contributed by atoms with Gasteiger partial charge in [0, 0.05) is 19.7 Å². The van der Waals surface area contributed by atoms with Crippen molar-refractivity contribution < 1.29 is 24.0 Å². The van der Waals surface area contributed by atoms with Crippen molar-refractivity contribution in [2.45, 2.75) is 26.3 Å². The van der Waals surface area contributed by atoms with E-state index >= 15 is 0 Å². The van der Waals surface area contributed by atoms with Crippen molar-refractivity contribution in [1.29, 1.82) is 0 Å². The van der Waals surface area contributed by atoms with Crippen LogP contribution in [0.4, 0.5) is 11.4 Å². The highest BCUT2D eigenvalue weighted by atomic mass is 16.6. The fourth-order valence-corrected chi connectivity index (χ4v) is 1.99. The van der Waals surface area contributed by atoms with E-state index in [0.717, 1.165) is 12.5 Å². The van der Waals surface area contributed by atoms with E-state index < -0.39 is 29.4 Å². The lowest BCUT2D eigenvalue weighted by Gasteiger charge is -2.13. The average molecular weight is 366 g/mol. The topological polar surface area (TPSA) is 140 Å². The van der Waals surface area contributed by atoms with Gasteiger partial charge in [0.25, 0.3) is 11.6 Å². The SMILES string of the molecule is CCCNC(=O)[C@H](C)NC(=O)COC(=O)c1ccc(NC)c([N+](=O)[O-])c1. The van der Waals surface area contributed by atoms with Crippen LogP contribution in [-0.2, 0) is 14.3 Å². The van der Waals surface area contributed by atoms with Gasteiger partial charge in [-0.15, -0.1) is 0 Å². The number of nitro groups is 1. The van der Waals surface area contributed by atoms with E-state index in [1.165, 1.54) is 26.1 Å². The van der Waals surface area contributed by atoms with Crippen molar-refractivity contribution in [2.24, 2.45) is 0 Å². The summed E-state index contributed by atoms with van der Waals surface area (Å²) in [4.78, 5) is 45.7. The first-order chi connectivity index (χ1) is 12.3. The molecule has 1 atom stereocenters. The number of carbonyl (C=O) groups excluding carboxylic acids is 3. The maximum Gasteiger partial charge on any atom is 0.338 e. The number of hydrogen-bond donors (Lipinski definition) is 3. The summed E-state index contributed by atoms with van der Waals surface area (Å²) < 4.78 is 4.83. The third kappa shape index (κ3) is 6.04. The Balaban J connectivity index is 2.61. The Morgan fingerprint density at radius 3 is 2.58 bits per heavy atom. The first-order valence-electron chi connectivity index (χ1n) is 8.00. The van der Waals surface area contributed by atoms with Crippen LogP contribution in [0.5, 0.6) is 0 Å².